The van der Waals surface area contributed by atoms with E-state index in [9.17, 15) is 4.55 Å². The topological polar surface area (TPSA) is 75.0 Å². The van der Waals surface area contributed by atoms with Crippen molar-refractivity contribution in [2.45, 2.75) is 31.1 Å². The second-order valence-corrected chi connectivity index (χ2v) is 7.30. The highest BCUT2D eigenvalue weighted by Gasteiger charge is 2.48. The van der Waals surface area contributed by atoms with Crippen LogP contribution < -0.4 is 4.72 Å². The average molecular weight is 258 g/mol. The van der Waals surface area contributed by atoms with Crippen molar-refractivity contribution in [3.05, 3.63) is 11.9 Å². The molecule has 1 aliphatic heterocycles. The van der Waals surface area contributed by atoms with E-state index in [-0.39, 0.29) is 4.75 Å². The fraction of sp³-hybridized carbons (Fsp3) is 0.800. The summed E-state index contributed by atoms with van der Waals surface area (Å²) < 4.78 is 21.8. The molecular weight excluding hydrogens is 240 g/mol. The van der Waals surface area contributed by atoms with Gasteiger partial charge in [0.05, 0.1) is 19.4 Å². The van der Waals surface area contributed by atoms with Crippen molar-refractivity contribution in [3.8, 4) is 0 Å². The number of nitrogens with zero attached hydrogens (tertiary/aromatic N) is 3. The molecule has 2 rings (SSSR count). The van der Waals surface area contributed by atoms with Crippen molar-refractivity contribution in [1.29, 1.82) is 0 Å². The van der Waals surface area contributed by atoms with Crippen LogP contribution in [-0.2, 0) is 28.7 Å². The molecular formula is C10H18N4O2S. The summed E-state index contributed by atoms with van der Waals surface area (Å²) in [6.45, 7) is 6.75. The van der Waals surface area contributed by atoms with E-state index < -0.39 is 16.9 Å². The van der Waals surface area contributed by atoms with Gasteiger partial charge in [0.15, 0.2) is 5.54 Å². The predicted molar refractivity (Wildman–Crippen MR) is 64.5 cm³/mol. The van der Waals surface area contributed by atoms with E-state index in [0.29, 0.717) is 13.2 Å². The quantitative estimate of drug-likeness (QED) is 0.778. The Labute approximate surface area is 104 Å². The minimum atomic E-state index is -1.15. The normalized spacial score (nSPS) is 21.0. The number of aryl methyl sites for hydroxylation is 1. The van der Waals surface area contributed by atoms with E-state index in [1.165, 1.54) is 0 Å². The standard InChI is InChI=1S/C10H18N4O2S/c1-9(2,3)17(15)12-10(6-16-7-10)8-5-14(4)13-11-8/h5,12H,6-7H2,1-4H3. The summed E-state index contributed by atoms with van der Waals surface area (Å²) in [6.07, 6.45) is 1.83. The summed E-state index contributed by atoms with van der Waals surface area (Å²) in [5.41, 5.74) is 0.329. The molecule has 0 bridgehead atoms. The Hall–Kier alpha value is -0.630. The van der Waals surface area contributed by atoms with Crippen LogP contribution in [0.4, 0.5) is 0 Å². The molecule has 1 saturated heterocycles. The van der Waals surface area contributed by atoms with Crippen molar-refractivity contribution in [2.75, 3.05) is 13.2 Å². The van der Waals surface area contributed by atoms with Crippen LogP contribution in [-0.4, -0.2) is 37.5 Å². The zero-order chi connectivity index (χ0) is 12.7. The molecule has 0 spiro atoms. The molecule has 96 valence electrons. The lowest BCUT2D eigenvalue weighted by Crippen LogP contribution is -2.62. The van der Waals surface area contributed by atoms with Gasteiger partial charge in [-0.2, -0.15) is 0 Å². The number of rotatable bonds is 3. The fourth-order valence-electron chi connectivity index (χ4n) is 1.46. The summed E-state index contributed by atoms with van der Waals surface area (Å²) in [7, 11) is 1.81. The van der Waals surface area contributed by atoms with Crippen LogP contribution >= 0.6 is 0 Å². The number of hydrogen-bond acceptors (Lipinski definition) is 5. The lowest BCUT2D eigenvalue weighted by atomic mass is 9.95. The molecule has 1 atom stereocenters. The Kier molecular flexibility index (Phi) is 3.19. The van der Waals surface area contributed by atoms with E-state index in [0.717, 1.165) is 5.69 Å². The van der Waals surface area contributed by atoms with Gasteiger partial charge in [-0.3, -0.25) is 4.68 Å². The first-order valence-corrected chi connectivity index (χ1v) is 6.63. The third-order valence-electron chi connectivity index (χ3n) is 2.63. The molecule has 7 heteroatoms. The van der Waals surface area contributed by atoms with Gasteiger partial charge < -0.3 is 9.29 Å². The average Bonchev–Trinajstić information content (AvgIpc) is 2.56. The largest absolute Gasteiger partial charge is 0.598 e. The van der Waals surface area contributed by atoms with Crippen LogP contribution in [0.2, 0.25) is 0 Å². The van der Waals surface area contributed by atoms with Gasteiger partial charge in [0.25, 0.3) is 0 Å². The van der Waals surface area contributed by atoms with Crippen molar-refractivity contribution in [3.63, 3.8) is 0 Å². The first-order valence-electron chi connectivity index (χ1n) is 5.48. The Morgan fingerprint density at radius 2 is 2.18 bits per heavy atom. The van der Waals surface area contributed by atoms with E-state index in [1.54, 1.807) is 4.68 Å². The highest BCUT2D eigenvalue weighted by Crippen LogP contribution is 2.30. The zero-order valence-corrected chi connectivity index (χ0v) is 11.4. The van der Waals surface area contributed by atoms with Gasteiger partial charge in [-0.15, -0.1) is 9.82 Å². The molecule has 1 aliphatic rings. The lowest BCUT2D eigenvalue weighted by Gasteiger charge is -2.41. The predicted octanol–water partition coefficient (Wildman–Crippen LogP) is 0.0924. The van der Waals surface area contributed by atoms with Crippen LogP contribution in [0.5, 0.6) is 0 Å². The van der Waals surface area contributed by atoms with Crippen molar-refractivity contribution >= 4 is 11.4 Å². The summed E-state index contributed by atoms with van der Waals surface area (Å²) in [5, 5.41) is 7.99. The van der Waals surface area contributed by atoms with E-state index in [4.69, 9.17) is 4.74 Å². The Morgan fingerprint density at radius 1 is 1.53 bits per heavy atom. The van der Waals surface area contributed by atoms with E-state index >= 15 is 0 Å². The molecule has 1 N–H and O–H groups in total. The lowest BCUT2D eigenvalue weighted by molar-refractivity contribution is -0.0688. The maximum Gasteiger partial charge on any atom is 0.155 e. The smallest absolute Gasteiger partial charge is 0.155 e. The molecule has 1 aromatic heterocycles. The number of ether oxygens (including phenoxy) is 1. The molecule has 17 heavy (non-hydrogen) atoms. The minimum absolute atomic E-state index is 0.315. The molecule has 0 amide bonds. The third kappa shape index (κ3) is 2.47. The Bertz CT molecular complexity index is 397. The summed E-state index contributed by atoms with van der Waals surface area (Å²) in [6, 6.07) is 0. The van der Waals surface area contributed by atoms with Crippen LogP contribution in [0.3, 0.4) is 0 Å². The summed E-state index contributed by atoms with van der Waals surface area (Å²) in [4.78, 5) is 0. The molecule has 2 heterocycles. The number of hydrogen-bond donors (Lipinski definition) is 1. The van der Waals surface area contributed by atoms with Crippen LogP contribution in [0.25, 0.3) is 0 Å². The highest BCUT2D eigenvalue weighted by atomic mass is 32.2. The first kappa shape index (κ1) is 12.8. The van der Waals surface area contributed by atoms with Crippen molar-refractivity contribution in [2.24, 2.45) is 7.05 Å². The van der Waals surface area contributed by atoms with Crippen molar-refractivity contribution < 1.29 is 9.29 Å². The molecule has 1 aromatic rings. The first-order chi connectivity index (χ1) is 7.83. The van der Waals surface area contributed by atoms with Crippen LogP contribution in [0, 0.1) is 0 Å². The SMILES string of the molecule is Cn1cc(C2(N[S+]([O-])C(C)(C)C)COC2)nn1. The number of aromatic nitrogens is 3. The molecule has 0 radical (unpaired) electrons. The maximum atomic E-state index is 12.1. The van der Waals surface area contributed by atoms with Gasteiger partial charge >= 0.3 is 0 Å². The second-order valence-electron chi connectivity index (χ2n) is 5.34. The summed E-state index contributed by atoms with van der Waals surface area (Å²) in [5.74, 6) is 0. The van der Waals surface area contributed by atoms with Gasteiger partial charge in [-0.05, 0) is 20.8 Å². The zero-order valence-electron chi connectivity index (χ0n) is 10.6. The van der Waals surface area contributed by atoms with Crippen LogP contribution in [0.1, 0.15) is 26.5 Å². The molecule has 0 aliphatic carbocycles. The van der Waals surface area contributed by atoms with Crippen molar-refractivity contribution in [1.82, 2.24) is 19.7 Å². The third-order valence-corrected chi connectivity index (χ3v) is 4.32. The van der Waals surface area contributed by atoms with E-state index in [1.807, 2.05) is 34.0 Å². The highest BCUT2D eigenvalue weighted by molar-refractivity contribution is 7.90. The molecule has 1 unspecified atom stereocenters. The molecule has 6 nitrogen and oxygen atoms in total. The monoisotopic (exact) mass is 258 g/mol. The minimum Gasteiger partial charge on any atom is -0.598 e. The van der Waals surface area contributed by atoms with Gasteiger partial charge in [-0.25, -0.2) is 0 Å². The van der Waals surface area contributed by atoms with Crippen LogP contribution in [0.15, 0.2) is 6.20 Å². The fourth-order valence-corrected chi connectivity index (χ4v) is 2.35. The van der Waals surface area contributed by atoms with E-state index in [2.05, 4.69) is 15.0 Å². The van der Waals surface area contributed by atoms with Gasteiger partial charge in [0, 0.05) is 18.4 Å². The molecule has 1 fully saturated rings. The number of nitrogens with one attached hydrogen (secondary N) is 1. The maximum absolute atomic E-state index is 12.1. The summed E-state index contributed by atoms with van der Waals surface area (Å²) >= 11 is -1.15. The molecule has 0 saturated carbocycles. The van der Waals surface area contributed by atoms with Gasteiger partial charge in [0.2, 0.25) is 0 Å². The molecule has 0 aromatic carbocycles. The Balaban J connectivity index is 2.16. The second kappa shape index (κ2) is 4.24. The van der Waals surface area contributed by atoms with Gasteiger partial charge in [0.1, 0.15) is 10.4 Å². The van der Waals surface area contributed by atoms with Gasteiger partial charge in [-0.1, -0.05) is 5.21 Å². The Morgan fingerprint density at radius 3 is 2.53 bits per heavy atom.